The first kappa shape index (κ1) is 15.5. The standard InChI is InChI=1S/C13H21N5O3/c1-14-3-2-12(19)16-11-8-15-18(9-11)10-13(20)17-4-6-21-7-5-17/h8-9,14H,2-7,10H2,1H3,(H,16,19). The highest BCUT2D eigenvalue weighted by Crippen LogP contribution is 2.06. The van der Waals surface area contributed by atoms with Gasteiger partial charge in [0.2, 0.25) is 11.8 Å². The van der Waals surface area contributed by atoms with E-state index in [1.54, 1.807) is 24.3 Å². The molecule has 2 rings (SSSR count). The lowest BCUT2D eigenvalue weighted by atomic mass is 10.4. The molecule has 2 N–H and O–H groups in total. The van der Waals surface area contributed by atoms with E-state index in [-0.39, 0.29) is 18.4 Å². The van der Waals surface area contributed by atoms with E-state index >= 15 is 0 Å². The van der Waals surface area contributed by atoms with Gasteiger partial charge in [-0.25, -0.2) is 0 Å². The number of amides is 2. The molecule has 0 unspecified atom stereocenters. The van der Waals surface area contributed by atoms with Crippen LogP contribution < -0.4 is 10.6 Å². The number of rotatable bonds is 6. The van der Waals surface area contributed by atoms with Gasteiger partial charge in [0, 0.05) is 32.3 Å². The maximum absolute atomic E-state index is 12.1. The van der Waals surface area contributed by atoms with E-state index in [1.807, 2.05) is 0 Å². The molecule has 0 atom stereocenters. The van der Waals surface area contributed by atoms with Gasteiger partial charge in [-0.15, -0.1) is 0 Å². The van der Waals surface area contributed by atoms with Crippen LogP contribution in [-0.4, -0.2) is 66.4 Å². The molecule has 0 bridgehead atoms. The molecule has 2 heterocycles. The zero-order valence-electron chi connectivity index (χ0n) is 12.2. The number of aromatic nitrogens is 2. The normalized spacial score (nSPS) is 15.0. The Kier molecular flexibility index (Phi) is 5.70. The Balaban J connectivity index is 1.82. The number of nitrogens with one attached hydrogen (secondary N) is 2. The highest BCUT2D eigenvalue weighted by molar-refractivity contribution is 5.90. The van der Waals surface area contributed by atoms with Crippen LogP contribution >= 0.6 is 0 Å². The third-order valence-corrected chi connectivity index (χ3v) is 3.18. The zero-order valence-corrected chi connectivity index (χ0v) is 12.2. The van der Waals surface area contributed by atoms with Crippen molar-refractivity contribution in [3.05, 3.63) is 12.4 Å². The van der Waals surface area contributed by atoms with E-state index in [2.05, 4.69) is 15.7 Å². The van der Waals surface area contributed by atoms with Gasteiger partial charge in [0.1, 0.15) is 6.54 Å². The summed E-state index contributed by atoms with van der Waals surface area (Å²) in [7, 11) is 1.79. The number of ether oxygens (including phenoxy) is 1. The minimum atomic E-state index is -0.0802. The highest BCUT2D eigenvalue weighted by Gasteiger charge is 2.17. The maximum atomic E-state index is 12.1. The zero-order chi connectivity index (χ0) is 15.1. The fourth-order valence-electron chi connectivity index (χ4n) is 2.03. The molecule has 116 valence electrons. The number of nitrogens with zero attached hydrogens (tertiary/aromatic N) is 3. The van der Waals surface area contributed by atoms with E-state index in [0.29, 0.717) is 45.0 Å². The van der Waals surface area contributed by atoms with E-state index in [9.17, 15) is 9.59 Å². The summed E-state index contributed by atoms with van der Waals surface area (Å²) in [5.41, 5.74) is 0.603. The van der Waals surface area contributed by atoms with Crippen molar-refractivity contribution < 1.29 is 14.3 Å². The summed E-state index contributed by atoms with van der Waals surface area (Å²) >= 11 is 0. The van der Waals surface area contributed by atoms with Gasteiger partial charge in [0.25, 0.3) is 0 Å². The number of carbonyl (C=O) groups excluding carboxylic acids is 2. The predicted molar refractivity (Wildman–Crippen MR) is 76.8 cm³/mol. The average molecular weight is 295 g/mol. The van der Waals surface area contributed by atoms with Crippen molar-refractivity contribution in [2.24, 2.45) is 0 Å². The molecule has 1 aromatic heterocycles. The van der Waals surface area contributed by atoms with Crippen LogP contribution in [0.15, 0.2) is 12.4 Å². The second-order valence-corrected chi connectivity index (χ2v) is 4.82. The lowest BCUT2D eigenvalue weighted by Gasteiger charge is -2.26. The molecule has 8 heteroatoms. The molecule has 0 radical (unpaired) electrons. The summed E-state index contributed by atoms with van der Waals surface area (Å²) in [5.74, 6) is -0.0714. The van der Waals surface area contributed by atoms with Gasteiger partial charge in [-0.3, -0.25) is 14.3 Å². The first-order valence-electron chi connectivity index (χ1n) is 7.01. The van der Waals surface area contributed by atoms with E-state index in [0.717, 1.165) is 0 Å². The summed E-state index contributed by atoms with van der Waals surface area (Å²) in [5, 5.41) is 9.74. The second-order valence-electron chi connectivity index (χ2n) is 4.82. The number of hydrogen-bond acceptors (Lipinski definition) is 5. The van der Waals surface area contributed by atoms with E-state index in [1.165, 1.54) is 4.68 Å². The van der Waals surface area contributed by atoms with Gasteiger partial charge in [0.05, 0.1) is 25.1 Å². The Bertz CT molecular complexity index is 482. The number of anilines is 1. The van der Waals surface area contributed by atoms with Gasteiger partial charge in [0.15, 0.2) is 0 Å². The molecule has 1 aromatic rings. The molecule has 1 aliphatic heterocycles. The highest BCUT2D eigenvalue weighted by atomic mass is 16.5. The van der Waals surface area contributed by atoms with E-state index in [4.69, 9.17) is 4.74 Å². The Morgan fingerprint density at radius 1 is 1.38 bits per heavy atom. The summed E-state index contributed by atoms with van der Waals surface area (Å²) < 4.78 is 6.74. The largest absolute Gasteiger partial charge is 0.378 e. The Morgan fingerprint density at radius 3 is 2.86 bits per heavy atom. The SMILES string of the molecule is CNCCC(=O)Nc1cnn(CC(=O)N2CCOCC2)c1. The molecule has 2 amide bonds. The first-order chi connectivity index (χ1) is 10.2. The summed E-state index contributed by atoms with van der Waals surface area (Å²) in [6.07, 6.45) is 3.61. The summed E-state index contributed by atoms with van der Waals surface area (Å²) in [4.78, 5) is 25.4. The molecule has 0 aromatic carbocycles. The fourth-order valence-corrected chi connectivity index (χ4v) is 2.03. The predicted octanol–water partition coefficient (Wildman–Crippen LogP) is -0.710. The summed E-state index contributed by atoms with van der Waals surface area (Å²) in [6.45, 7) is 3.19. The lowest BCUT2D eigenvalue weighted by molar-refractivity contribution is -0.136. The van der Waals surface area contributed by atoms with Crippen LogP contribution in [-0.2, 0) is 20.9 Å². The monoisotopic (exact) mass is 295 g/mol. The minimum Gasteiger partial charge on any atom is -0.378 e. The van der Waals surface area contributed by atoms with Crippen LogP contribution in [0.4, 0.5) is 5.69 Å². The topological polar surface area (TPSA) is 88.5 Å². The lowest BCUT2D eigenvalue weighted by Crippen LogP contribution is -2.42. The molecule has 0 spiro atoms. The van der Waals surface area contributed by atoms with Crippen molar-refractivity contribution in [3.8, 4) is 0 Å². The molecule has 0 aliphatic carbocycles. The number of hydrogen-bond donors (Lipinski definition) is 2. The molecular weight excluding hydrogens is 274 g/mol. The molecule has 8 nitrogen and oxygen atoms in total. The fraction of sp³-hybridized carbons (Fsp3) is 0.615. The van der Waals surface area contributed by atoms with Crippen LogP contribution in [0, 0.1) is 0 Å². The molecule has 1 fully saturated rings. The van der Waals surface area contributed by atoms with E-state index < -0.39 is 0 Å². The Morgan fingerprint density at radius 2 is 2.14 bits per heavy atom. The Hall–Kier alpha value is -1.93. The van der Waals surface area contributed by atoms with Crippen LogP contribution in [0.25, 0.3) is 0 Å². The van der Waals surface area contributed by atoms with Crippen molar-refractivity contribution in [1.29, 1.82) is 0 Å². The minimum absolute atomic E-state index is 0.00876. The molecule has 1 saturated heterocycles. The number of carbonyl (C=O) groups is 2. The molecule has 1 aliphatic rings. The van der Waals surface area contributed by atoms with Gasteiger partial charge in [-0.1, -0.05) is 0 Å². The van der Waals surface area contributed by atoms with Gasteiger partial charge in [-0.2, -0.15) is 5.10 Å². The van der Waals surface area contributed by atoms with Crippen molar-refractivity contribution >= 4 is 17.5 Å². The van der Waals surface area contributed by atoms with Crippen LogP contribution in [0.2, 0.25) is 0 Å². The van der Waals surface area contributed by atoms with Gasteiger partial charge in [-0.05, 0) is 7.05 Å². The van der Waals surface area contributed by atoms with Crippen LogP contribution in [0.5, 0.6) is 0 Å². The third kappa shape index (κ3) is 4.83. The second kappa shape index (κ2) is 7.75. The quantitative estimate of drug-likeness (QED) is 0.724. The van der Waals surface area contributed by atoms with Gasteiger partial charge >= 0.3 is 0 Å². The molecule has 0 saturated carbocycles. The van der Waals surface area contributed by atoms with Crippen molar-refractivity contribution in [2.75, 3.05) is 45.2 Å². The first-order valence-corrected chi connectivity index (χ1v) is 7.01. The van der Waals surface area contributed by atoms with Crippen LogP contribution in [0.3, 0.4) is 0 Å². The molecular formula is C13H21N5O3. The van der Waals surface area contributed by atoms with Crippen LogP contribution in [0.1, 0.15) is 6.42 Å². The average Bonchev–Trinajstić information content (AvgIpc) is 2.93. The van der Waals surface area contributed by atoms with Crippen molar-refractivity contribution in [3.63, 3.8) is 0 Å². The summed E-state index contributed by atoms with van der Waals surface area (Å²) in [6, 6.07) is 0. The van der Waals surface area contributed by atoms with Gasteiger partial charge < -0.3 is 20.3 Å². The number of morpholine rings is 1. The Labute approximate surface area is 123 Å². The smallest absolute Gasteiger partial charge is 0.244 e. The van der Waals surface area contributed by atoms with Crippen molar-refractivity contribution in [2.45, 2.75) is 13.0 Å². The molecule has 21 heavy (non-hydrogen) atoms. The third-order valence-electron chi connectivity index (χ3n) is 3.18. The maximum Gasteiger partial charge on any atom is 0.244 e. The van der Waals surface area contributed by atoms with Crippen molar-refractivity contribution in [1.82, 2.24) is 20.0 Å².